The predicted molar refractivity (Wildman–Crippen MR) is 75.0 cm³/mol. The van der Waals surface area contributed by atoms with Crippen LogP contribution in [-0.2, 0) is 9.53 Å². The molecule has 0 aromatic rings. The Morgan fingerprint density at radius 1 is 1.28 bits per heavy atom. The summed E-state index contributed by atoms with van der Waals surface area (Å²) in [6.45, 7) is 4.23. The number of alkyl halides is 1. The van der Waals surface area contributed by atoms with E-state index in [0.29, 0.717) is 25.5 Å². The third-order valence-corrected chi connectivity index (χ3v) is 3.75. The molecule has 106 valence electrons. The van der Waals surface area contributed by atoms with Gasteiger partial charge in [-0.25, -0.2) is 0 Å². The van der Waals surface area contributed by atoms with Crippen LogP contribution in [0.5, 0.6) is 0 Å². The summed E-state index contributed by atoms with van der Waals surface area (Å²) in [5.41, 5.74) is 0. The Morgan fingerprint density at radius 2 is 2.00 bits per heavy atom. The zero-order chi connectivity index (χ0) is 13.2. The van der Waals surface area contributed by atoms with Crippen LogP contribution in [0.2, 0.25) is 0 Å². The number of hydrogen-bond donors (Lipinski definition) is 0. The van der Waals surface area contributed by atoms with Crippen molar-refractivity contribution in [1.82, 2.24) is 4.90 Å². The third-order valence-electron chi connectivity index (χ3n) is 3.41. The minimum absolute atomic E-state index is 0.0221. The van der Waals surface area contributed by atoms with E-state index < -0.39 is 0 Å². The molecular weight excluding hydrogens is 250 g/mol. The van der Waals surface area contributed by atoms with Crippen molar-refractivity contribution in [2.45, 2.75) is 58.0 Å². The Balaban J connectivity index is 2.08. The Kier molecular flexibility index (Phi) is 8.44. The van der Waals surface area contributed by atoms with Crippen LogP contribution in [-0.4, -0.2) is 42.5 Å². The van der Waals surface area contributed by atoms with E-state index in [9.17, 15) is 4.79 Å². The molecule has 0 N–H and O–H groups in total. The number of halogens is 1. The van der Waals surface area contributed by atoms with Crippen molar-refractivity contribution >= 4 is 17.5 Å². The van der Waals surface area contributed by atoms with Gasteiger partial charge in [0.25, 0.3) is 0 Å². The summed E-state index contributed by atoms with van der Waals surface area (Å²) >= 11 is 5.76. The van der Waals surface area contributed by atoms with Gasteiger partial charge in [-0.2, -0.15) is 0 Å². The standard InChI is InChI=1S/C14H26ClNO2/c1-2-3-4-5-6-7-8-14(17)16-9-10-18-13(11-15)12-16/h13H,2-12H2,1H3. The molecule has 0 bridgehead atoms. The second-order valence-electron chi connectivity index (χ2n) is 5.00. The molecule has 0 radical (unpaired) electrons. The monoisotopic (exact) mass is 275 g/mol. The molecule has 3 nitrogen and oxygen atoms in total. The number of ether oxygens (including phenoxy) is 1. The highest BCUT2D eigenvalue weighted by Crippen LogP contribution is 2.11. The highest BCUT2D eigenvalue weighted by atomic mass is 35.5. The summed E-state index contributed by atoms with van der Waals surface area (Å²) in [7, 11) is 0. The summed E-state index contributed by atoms with van der Waals surface area (Å²) in [5, 5.41) is 0. The first kappa shape index (κ1) is 15.8. The number of carbonyl (C=O) groups is 1. The van der Waals surface area contributed by atoms with E-state index in [-0.39, 0.29) is 12.0 Å². The Bertz CT molecular complexity index is 236. The maximum atomic E-state index is 12.0. The fourth-order valence-electron chi connectivity index (χ4n) is 2.25. The lowest BCUT2D eigenvalue weighted by Crippen LogP contribution is -2.46. The van der Waals surface area contributed by atoms with E-state index in [1.54, 1.807) is 0 Å². The molecule has 1 rings (SSSR count). The molecule has 1 amide bonds. The van der Waals surface area contributed by atoms with Crippen molar-refractivity contribution in [3.63, 3.8) is 0 Å². The molecule has 1 aliphatic rings. The van der Waals surface area contributed by atoms with Gasteiger partial charge in [-0.3, -0.25) is 4.79 Å². The van der Waals surface area contributed by atoms with Crippen molar-refractivity contribution in [2.24, 2.45) is 0 Å². The van der Waals surface area contributed by atoms with Gasteiger partial charge in [-0.05, 0) is 6.42 Å². The second kappa shape index (κ2) is 9.62. The Morgan fingerprint density at radius 3 is 2.72 bits per heavy atom. The molecular formula is C14H26ClNO2. The first-order chi connectivity index (χ1) is 8.77. The van der Waals surface area contributed by atoms with E-state index in [1.807, 2.05) is 4.90 Å². The summed E-state index contributed by atoms with van der Waals surface area (Å²) in [6, 6.07) is 0. The fourth-order valence-corrected chi connectivity index (χ4v) is 2.44. The largest absolute Gasteiger partial charge is 0.373 e. The zero-order valence-corrected chi connectivity index (χ0v) is 12.3. The lowest BCUT2D eigenvalue weighted by atomic mass is 10.1. The molecule has 1 heterocycles. The van der Waals surface area contributed by atoms with Gasteiger partial charge in [0.15, 0.2) is 0 Å². The van der Waals surface area contributed by atoms with Crippen molar-refractivity contribution in [1.29, 1.82) is 0 Å². The van der Waals surface area contributed by atoms with Gasteiger partial charge in [-0.1, -0.05) is 39.0 Å². The van der Waals surface area contributed by atoms with Gasteiger partial charge >= 0.3 is 0 Å². The molecule has 1 unspecified atom stereocenters. The average molecular weight is 276 g/mol. The van der Waals surface area contributed by atoms with Gasteiger partial charge in [0.2, 0.25) is 5.91 Å². The van der Waals surface area contributed by atoms with Crippen LogP contribution in [0.4, 0.5) is 0 Å². The Hall–Kier alpha value is -0.280. The highest BCUT2D eigenvalue weighted by molar-refractivity contribution is 6.18. The highest BCUT2D eigenvalue weighted by Gasteiger charge is 2.22. The Labute approximate surface area is 116 Å². The molecule has 0 spiro atoms. The normalized spacial score (nSPS) is 20.1. The summed E-state index contributed by atoms with van der Waals surface area (Å²) in [5.74, 6) is 0.741. The molecule has 1 saturated heterocycles. The van der Waals surface area contributed by atoms with Gasteiger partial charge in [0, 0.05) is 19.5 Å². The second-order valence-corrected chi connectivity index (χ2v) is 5.31. The molecule has 18 heavy (non-hydrogen) atoms. The van der Waals surface area contributed by atoms with E-state index in [1.165, 1.54) is 32.1 Å². The molecule has 1 aliphatic heterocycles. The summed E-state index contributed by atoms with van der Waals surface area (Å²) < 4.78 is 5.45. The van der Waals surface area contributed by atoms with Crippen LogP contribution < -0.4 is 0 Å². The minimum atomic E-state index is 0.0221. The quantitative estimate of drug-likeness (QED) is 0.503. The number of amides is 1. The lowest BCUT2D eigenvalue weighted by molar-refractivity contribution is -0.138. The third kappa shape index (κ3) is 6.05. The van der Waals surface area contributed by atoms with Crippen LogP contribution >= 0.6 is 11.6 Å². The number of hydrogen-bond acceptors (Lipinski definition) is 2. The summed E-state index contributed by atoms with van der Waals surface area (Å²) in [6.07, 6.45) is 8.04. The number of rotatable bonds is 8. The van der Waals surface area contributed by atoms with Crippen molar-refractivity contribution in [3.8, 4) is 0 Å². The smallest absolute Gasteiger partial charge is 0.222 e. The van der Waals surface area contributed by atoms with Crippen molar-refractivity contribution in [3.05, 3.63) is 0 Å². The van der Waals surface area contributed by atoms with Gasteiger partial charge in [0.1, 0.15) is 0 Å². The fraction of sp³-hybridized carbons (Fsp3) is 0.929. The van der Waals surface area contributed by atoms with Crippen LogP contribution in [0.15, 0.2) is 0 Å². The van der Waals surface area contributed by atoms with E-state index in [2.05, 4.69) is 6.92 Å². The van der Waals surface area contributed by atoms with E-state index >= 15 is 0 Å². The molecule has 0 saturated carbocycles. The molecule has 0 aliphatic carbocycles. The van der Waals surface area contributed by atoms with Crippen LogP contribution in [0.3, 0.4) is 0 Å². The maximum absolute atomic E-state index is 12.0. The topological polar surface area (TPSA) is 29.5 Å². The SMILES string of the molecule is CCCCCCCCC(=O)N1CCOC(CCl)C1. The minimum Gasteiger partial charge on any atom is -0.373 e. The molecule has 1 atom stereocenters. The average Bonchev–Trinajstić information content (AvgIpc) is 2.42. The first-order valence-corrected chi connectivity index (χ1v) is 7.76. The lowest BCUT2D eigenvalue weighted by Gasteiger charge is -2.32. The first-order valence-electron chi connectivity index (χ1n) is 7.23. The maximum Gasteiger partial charge on any atom is 0.222 e. The van der Waals surface area contributed by atoms with E-state index in [0.717, 1.165) is 13.0 Å². The number of unbranched alkanes of at least 4 members (excludes halogenated alkanes) is 5. The van der Waals surface area contributed by atoms with Crippen LogP contribution in [0.25, 0.3) is 0 Å². The number of carbonyl (C=O) groups excluding carboxylic acids is 1. The zero-order valence-electron chi connectivity index (χ0n) is 11.5. The van der Waals surface area contributed by atoms with Crippen molar-refractivity contribution in [2.75, 3.05) is 25.6 Å². The molecule has 0 aromatic carbocycles. The number of nitrogens with zero attached hydrogens (tertiary/aromatic N) is 1. The molecule has 0 aromatic heterocycles. The van der Waals surface area contributed by atoms with Crippen LogP contribution in [0, 0.1) is 0 Å². The molecule has 4 heteroatoms. The molecule has 1 fully saturated rings. The predicted octanol–water partition coefficient (Wildman–Crippen LogP) is 3.20. The van der Waals surface area contributed by atoms with E-state index in [4.69, 9.17) is 16.3 Å². The van der Waals surface area contributed by atoms with Gasteiger partial charge < -0.3 is 9.64 Å². The number of morpholine rings is 1. The summed E-state index contributed by atoms with van der Waals surface area (Å²) in [4.78, 5) is 13.9. The van der Waals surface area contributed by atoms with Gasteiger partial charge in [-0.15, -0.1) is 11.6 Å². The van der Waals surface area contributed by atoms with Crippen molar-refractivity contribution < 1.29 is 9.53 Å². The van der Waals surface area contributed by atoms with Gasteiger partial charge in [0.05, 0.1) is 18.6 Å². The van der Waals surface area contributed by atoms with Crippen LogP contribution in [0.1, 0.15) is 51.9 Å².